The number of anilines is 1. The smallest absolute Gasteiger partial charge is 0.336 e. The van der Waals surface area contributed by atoms with E-state index in [0.29, 0.717) is 17.0 Å². The molecule has 0 atom stereocenters. The van der Waals surface area contributed by atoms with Crippen molar-refractivity contribution in [1.29, 1.82) is 0 Å². The summed E-state index contributed by atoms with van der Waals surface area (Å²) in [5, 5.41) is 12.1. The second-order valence-corrected chi connectivity index (χ2v) is 5.91. The van der Waals surface area contributed by atoms with Crippen LogP contribution in [0.15, 0.2) is 72.8 Å². The first-order valence-electron chi connectivity index (χ1n) is 8.42. The number of carboxylic acids is 1. The lowest BCUT2D eigenvalue weighted by atomic mass is 9.97. The quantitative estimate of drug-likeness (QED) is 0.638. The minimum Gasteiger partial charge on any atom is -0.497 e. The van der Waals surface area contributed by atoms with Gasteiger partial charge in [-0.15, -0.1) is 0 Å². The van der Waals surface area contributed by atoms with Crippen LogP contribution in [-0.2, 0) is 0 Å². The maximum Gasteiger partial charge on any atom is 0.336 e. The Bertz CT molecular complexity index is 1040. The predicted octanol–water partition coefficient (Wildman–Crippen LogP) is 3.88. The van der Waals surface area contributed by atoms with Crippen molar-refractivity contribution < 1.29 is 24.2 Å². The highest BCUT2D eigenvalue weighted by atomic mass is 16.5. The summed E-state index contributed by atoms with van der Waals surface area (Å²) in [7, 11) is 1.53. The van der Waals surface area contributed by atoms with Crippen LogP contribution in [0, 0.1) is 0 Å². The van der Waals surface area contributed by atoms with E-state index < -0.39 is 17.7 Å². The molecule has 6 heteroatoms. The Labute approximate surface area is 161 Å². The van der Waals surface area contributed by atoms with Gasteiger partial charge in [-0.3, -0.25) is 9.59 Å². The Morgan fingerprint density at radius 1 is 0.786 bits per heavy atom. The van der Waals surface area contributed by atoms with E-state index in [1.54, 1.807) is 60.7 Å². The van der Waals surface area contributed by atoms with Gasteiger partial charge in [-0.25, -0.2) is 4.79 Å². The fraction of sp³-hybridized carbons (Fsp3) is 0.0455. The van der Waals surface area contributed by atoms with Gasteiger partial charge in [0, 0.05) is 16.7 Å². The molecule has 0 saturated carbocycles. The monoisotopic (exact) mass is 375 g/mol. The van der Waals surface area contributed by atoms with E-state index >= 15 is 0 Å². The number of carbonyl (C=O) groups excluding carboxylic acids is 2. The molecule has 0 spiro atoms. The fourth-order valence-corrected chi connectivity index (χ4v) is 2.74. The van der Waals surface area contributed by atoms with Gasteiger partial charge in [-0.1, -0.05) is 30.3 Å². The van der Waals surface area contributed by atoms with Gasteiger partial charge in [0.05, 0.1) is 18.4 Å². The molecule has 0 aliphatic carbocycles. The van der Waals surface area contributed by atoms with Crippen molar-refractivity contribution in [2.24, 2.45) is 0 Å². The average Bonchev–Trinajstić information content (AvgIpc) is 2.73. The zero-order valence-electron chi connectivity index (χ0n) is 15.0. The van der Waals surface area contributed by atoms with E-state index in [9.17, 15) is 19.5 Å². The number of carboxylic acid groups (broad SMARTS) is 1. The minimum atomic E-state index is -1.19. The number of rotatable bonds is 6. The Balaban J connectivity index is 1.92. The normalized spacial score (nSPS) is 10.2. The molecule has 28 heavy (non-hydrogen) atoms. The van der Waals surface area contributed by atoms with Gasteiger partial charge in [0.2, 0.25) is 0 Å². The average molecular weight is 375 g/mol. The molecule has 1 amide bonds. The van der Waals surface area contributed by atoms with Crippen LogP contribution in [0.3, 0.4) is 0 Å². The summed E-state index contributed by atoms with van der Waals surface area (Å²) in [6.45, 7) is 0. The lowest BCUT2D eigenvalue weighted by molar-refractivity contribution is 0.0692. The molecule has 0 aromatic heterocycles. The van der Waals surface area contributed by atoms with Crippen LogP contribution < -0.4 is 10.1 Å². The van der Waals surface area contributed by atoms with Gasteiger partial charge in [-0.05, 0) is 42.5 Å². The van der Waals surface area contributed by atoms with Crippen molar-refractivity contribution in [3.05, 3.63) is 95.1 Å². The van der Waals surface area contributed by atoms with Crippen LogP contribution in [0.4, 0.5) is 5.69 Å². The van der Waals surface area contributed by atoms with Crippen LogP contribution in [-0.4, -0.2) is 29.9 Å². The molecule has 140 valence electrons. The maximum atomic E-state index is 13.0. The van der Waals surface area contributed by atoms with Crippen molar-refractivity contribution in [2.75, 3.05) is 12.4 Å². The van der Waals surface area contributed by atoms with Crippen molar-refractivity contribution in [1.82, 2.24) is 0 Å². The second kappa shape index (κ2) is 8.18. The second-order valence-electron chi connectivity index (χ2n) is 5.91. The van der Waals surface area contributed by atoms with E-state index in [2.05, 4.69) is 5.32 Å². The number of para-hydroxylation sites is 1. The Morgan fingerprint density at radius 3 is 1.96 bits per heavy atom. The lowest BCUT2D eigenvalue weighted by Gasteiger charge is -2.12. The molecule has 3 aromatic rings. The van der Waals surface area contributed by atoms with E-state index in [1.807, 2.05) is 0 Å². The van der Waals surface area contributed by atoms with Crippen LogP contribution in [0.2, 0.25) is 0 Å². The molecule has 0 bridgehead atoms. The van der Waals surface area contributed by atoms with Gasteiger partial charge < -0.3 is 15.2 Å². The van der Waals surface area contributed by atoms with Gasteiger partial charge in [-0.2, -0.15) is 0 Å². The molecule has 0 radical (unpaired) electrons. The number of ketones is 1. The third-order valence-corrected chi connectivity index (χ3v) is 4.17. The highest BCUT2D eigenvalue weighted by Gasteiger charge is 2.20. The SMILES string of the molecule is COc1ccc(C(=O)Nc2ccccc2C(=O)c2ccccc2C(=O)O)cc1. The third kappa shape index (κ3) is 3.91. The predicted molar refractivity (Wildman–Crippen MR) is 104 cm³/mol. The number of amides is 1. The molecule has 6 nitrogen and oxygen atoms in total. The molecule has 0 heterocycles. The largest absolute Gasteiger partial charge is 0.497 e. The molecule has 0 unspecified atom stereocenters. The molecule has 0 fully saturated rings. The molecule has 3 rings (SSSR count). The van der Waals surface area contributed by atoms with Crippen LogP contribution in [0.5, 0.6) is 5.75 Å². The van der Waals surface area contributed by atoms with E-state index in [1.165, 1.54) is 19.2 Å². The number of carbonyl (C=O) groups is 3. The van der Waals surface area contributed by atoms with Crippen LogP contribution in [0.25, 0.3) is 0 Å². The number of methoxy groups -OCH3 is 1. The summed E-state index contributed by atoms with van der Waals surface area (Å²) < 4.78 is 5.07. The molecule has 3 aromatic carbocycles. The summed E-state index contributed by atoms with van der Waals surface area (Å²) in [6.07, 6.45) is 0. The van der Waals surface area contributed by atoms with Crippen molar-refractivity contribution in [3.8, 4) is 5.75 Å². The van der Waals surface area contributed by atoms with E-state index in [0.717, 1.165) is 0 Å². The first-order chi connectivity index (χ1) is 13.5. The minimum absolute atomic E-state index is 0.0566. The standard InChI is InChI=1S/C22H17NO5/c1-28-15-12-10-14(11-13-15)21(25)23-19-9-5-4-8-18(19)20(24)16-6-2-3-7-17(16)22(26)27/h2-13H,1H3,(H,23,25)(H,26,27). The molecule has 2 N–H and O–H groups in total. The summed E-state index contributed by atoms with van der Waals surface area (Å²) in [5.41, 5.74) is 0.866. The highest BCUT2D eigenvalue weighted by molar-refractivity contribution is 6.18. The Hall–Kier alpha value is -3.93. The Morgan fingerprint density at radius 2 is 1.36 bits per heavy atom. The summed E-state index contributed by atoms with van der Waals surface area (Å²) >= 11 is 0. The van der Waals surface area contributed by atoms with Crippen molar-refractivity contribution in [2.45, 2.75) is 0 Å². The summed E-state index contributed by atoms with van der Waals surface area (Å²) in [5.74, 6) is -1.45. The topological polar surface area (TPSA) is 92.7 Å². The van der Waals surface area contributed by atoms with Gasteiger partial charge >= 0.3 is 5.97 Å². The molecular weight excluding hydrogens is 358 g/mol. The number of nitrogens with one attached hydrogen (secondary N) is 1. The van der Waals surface area contributed by atoms with Gasteiger partial charge in [0.1, 0.15) is 5.75 Å². The molecule has 0 saturated heterocycles. The maximum absolute atomic E-state index is 13.0. The van der Waals surface area contributed by atoms with Gasteiger partial charge in [0.25, 0.3) is 5.91 Å². The third-order valence-electron chi connectivity index (χ3n) is 4.17. The zero-order chi connectivity index (χ0) is 20.1. The molecular formula is C22H17NO5. The van der Waals surface area contributed by atoms with E-state index in [-0.39, 0.29) is 16.7 Å². The van der Waals surface area contributed by atoms with E-state index in [4.69, 9.17) is 4.74 Å². The molecule has 0 aliphatic rings. The zero-order valence-corrected chi connectivity index (χ0v) is 15.0. The molecule has 0 aliphatic heterocycles. The van der Waals surface area contributed by atoms with Crippen LogP contribution in [0.1, 0.15) is 36.6 Å². The van der Waals surface area contributed by atoms with Gasteiger partial charge in [0.15, 0.2) is 5.78 Å². The first-order valence-corrected chi connectivity index (χ1v) is 8.42. The van der Waals surface area contributed by atoms with Crippen LogP contribution >= 0.6 is 0 Å². The fourth-order valence-electron chi connectivity index (χ4n) is 2.74. The summed E-state index contributed by atoms with van der Waals surface area (Å²) in [4.78, 5) is 36.9. The Kier molecular flexibility index (Phi) is 5.50. The van der Waals surface area contributed by atoms with Crippen molar-refractivity contribution >= 4 is 23.3 Å². The number of benzene rings is 3. The number of hydrogen-bond donors (Lipinski definition) is 2. The number of hydrogen-bond acceptors (Lipinski definition) is 4. The number of ether oxygens (including phenoxy) is 1. The lowest BCUT2D eigenvalue weighted by Crippen LogP contribution is -2.16. The summed E-state index contributed by atoms with van der Waals surface area (Å²) in [6, 6.07) is 19.0. The highest BCUT2D eigenvalue weighted by Crippen LogP contribution is 2.22. The number of aromatic carboxylic acids is 1. The first kappa shape index (κ1) is 18.8. The van der Waals surface area contributed by atoms with Crippen molar-refractivity contribution in [3.63, 3.8) is 0 Å².